The molecule has 0 unspecified atom stereocenters. The molecule has 13 heavy (non-hydrogen) atoms. The maximum Gasteiger partial charge on any atom is 0.0642 e. The van der Waals surface area contributed by atoms with Crippen LogP contribution in [0.4, 0.5) is 0 Å². The van der Waals surface area contributed by atoms with E-state index < -0.39 is 0 Å². The predicted octanol–water partition coefficient (Wildman–Crippen LogP) is 2.99. The van der Waals surface area contributed by atoms with E-state index in [4.69, 9.17) is 0 Å². The van der Waals surface area contributed by atoms with Crippen molar-refractivity contribution in [3.05, 3.63) is 29.7 Å². The average molecular weight is 174 g/mol. The Morgan fingerprint density at radius 1 is 1.31 bits per heavy atom. The molecule has 0 spiro atoms. The van der Waals surface area contributed by atoms with Gasteiger partial charge in [0, 0.05) is 16.8 Å². The van der Waals surface area contributed by atoms with E-state index >= 15 is 0 Å². The first-order valence-corrected chi connectivity index (χ1v) is 4.62. The third-order valence-electron chi connectivity index (χ3n) is 2.25. The first-order valence-electron chi connectivity index (χ1n) is 4.62. The van der Waals surface area contributed by atoms with E-state index in [9.17, 15) is 0 Å². The number of pyridine rings is 1. The molecule has 2 heterocycles. The summed E-state index contributed by atoms with van der Waals surface area (Å²) in [7, 11) is 0. The van der Waals surface area contributed by atoms with Gasteiger partial charge in [0.2, 0.25) is 0 Å². The molecule has 2 heteroatoms. The maximum atomic E-state index is 4.39. The second-order valence-electron chi connectivity index (χ2n) is 3.80. The molecule has 0 atom stereocenters. The molecule has 0 aliphatic rings. The Labute approximate surface area is 78.0 Å². The standard InChI is InChI=1S/C11H14N2/c1-7(2)10-5-9-4-8(3)13-11(9)6-12-10/h4-7,13H,1-3H3. The second-order valence-corrected chi connectivity index (χ2v) is 3.80. The SMILES string of the molecule is Cc1cc2cc(C(C)C)ncc2[nH]1. The second kappa shape index (κ2) is 2.87. The lowest BCUT2D eigenvalue weighted by molar-refractivity contribution is 0.826. The molecule has 68 valence electrons. The van der Waals surface area contributed by atoms with E-state index in [1.165, 1.54) is 11.1 Å². The Hall–Kier alpha value is -1.31. The summed E-state index contributed by atoms with van der Waals surface area (Å²) in [5.74, 6) is 0.500. The summed E-state index contributed by atoms with van der Waals surface area (Å²) < 4.78 is 0. The zero-order valence-corrected chi connectivity index (χ0v) is 8.26. The number of nitrogens with one attached hydrogen (secondary N) is 1. The van der Waals surface area contributed by atoms with Crippen LogP contribution in [0.15, 0.2) is 18.3 Å². The van der Waals surface area contributed by atoms with Gasteiger partial charge in [0.25, 0.3) is 0 Å². The first kappa shape index (κ1) is 8.30. The summed E-state index contributed by atoms with van der Waals surface area (Å²) >= 11 is 0. The minimum Gasteiger partial charge on any atom is -0.357 e. The normalized spacial score (nSPS) is 11.4. The quantitative estimate of drug-likeness (QED) is 0.707. The van der Waals surface area contributed by atoms with Gasteiger partial charge in [-0.2, -0.15) is 0 Å². The van der Waals surface area contributed by atoms with E-state index in [1.807, 2.05) is 6.20 Å². The number of aromatic amines is 1. The van der Waals surface area contributed by atoms with Gasteiger partial charge in [0.05, 0.1) is 11.7 Å². The zero-order chi connectivity index (χ0) is 9.42. The van der Waals surface area contributed by atoms with Crippen molar-refractivity contribution < 1.29 is 0 Å². The van der Waals surface area contributed by atoms with Crippen LogP contribution in [0.3, 0.4) is 0 Å². The minimum absolute atomic E-state index is 0.500. The number of H-pyrrole nitrogens is 1. The lowest BCUT2D eigenvalue weighted by atomic mass is 10.1. The number of rotatable bonds is 1. The number of hydrogen-bond acceptors (Lipinski definition) is 1. The lowest BCUT2D eigenvalue weighted by Gasteiger charge is -2.02. The first-order chi connectivity index (χ1) is 6.16. The summed E-state index contributed by atoms with van der Waals surface area (Å²) in [6, 6.07) is 4.31. The molecular formula is C11H14N2. The van der Waals surface area contributed by atoms with Crippen LogP contribution in [0.1, 0.15) is 31.2 Å². The molecule has 0 saturated heterocycles. The molecule has 0 amide bonds. The van der Waals surface area contributed by atoms with Crippen molar-refractivity contribution in [2.24, 2.45) is 0 Å². The molecule has 2 aromatic heterocycles. The fourth-order valence-corrected chi connectivity index (χ4v) is 1.51. The molecule has 2 rings (SSSR count). The minimum atomic E-state index is 0.500. The van der Waals surface area contributed by atoms with Crippen molar-refractivity contribution in [2.45, 2.75) is 26.7 Å². The highest BCUT2D eigenvalue weighted by Crippen LogP contribution is 2.19. The zero-order valence-electron chi connectivity index (χ0n) is 8.26. The maximum absolute atomic E-state index is 4.39. The summed E-state index contributed by atoms with van der Waals surface area (Å²) in [4.78, 5) is 7.65. The molecule has 0 aromatic carbocycles. The summed E-state index contributed by atoms with van der Waals surface area (Å²) in [6.07, 6.45) is 1.91. The Morgan fingerprint density at radius 3 is 2.77 bits per heavy atom. The summed E-state index contributed by atoms with van der Waals surface area (Å²) in [5, 5.41) is 1.26. The number of fused-ring (bicyclic) bond motifs is 1. The van der Waals surface area contributed by atoms with Crippen molar-refractivity contribution in [1.29, 1.82) is 0 Å². The number of nitrogens with zero attached hydrogens (tertiary/aromatic N) is 1. The highest BCUT2D eigenvalue weighted by Gasteiger charge is 2.03. The van der Waals surface area contributed by atoms with Crippen LogP contribution in [-0.2, 0) is 0 Å². The number of aryl methyl sites for hydroxylation is 1. The van der Waals surface area contributed by atoms with Gasteiger partial charge >= 0.3 is 0 Å². The van der Waals surface area contributed by atoms with Crippen LogP contribution in [0.5, 0.6) is 0 Å². The van der Waals surface area contributed by atoms with Crippen molar-refractivity contribution in [1.82, 2.24) is 9.97 Å². The molecule has 0 bridgehead atoms. The van der Waals surface area contributed by atoms with Crippen molar-refractivity contribution in [2.75, 3.05) is 0 Å². The van der Waals surface area contributed by atoms with E-state index in [0.717, 1.165) is 11.2 Å². The van der Waals surface area contributed by atoms with E-state index in [2.05, 4.69) is 42.9 Å². The fraction of sp³-hybridized carbons (Fsp3) is 0.364. The van der Waals surface area contributed by atoms with Gasteiger partial charge < -0.3 is 4.98 Å². The molecule has 2 nitrogen and oxygen atoms in total. The largest absolute Gasteiger partial charge is 0.357 e. The molecule has 0 radical (unpaired) electrons. The smallest absolute Gasteiger partial charge is 0.0642 e. The van der Waals surface area contributed by atoms with Crippen LogP contribution in [0.2, 0.25) is 0 Å². The average Bonchev–Trinajstić information content (AvgIpc) is 2.42. The van der Waals surface area contributed by atoms with Crippen LogP contribution >= 0.6 is 0 Å². The van der Waals surface area contributed by atoms with Gasteiger partial charge in [-0.1, -0.05) is 13.8 Å². The monoisotopic (exact) mass is 174 g/mol. The Bertz CT molecular complexity index is 427. The van der Waals surface area contributed by atoms with Crippen molar-refractivity contribution >= 4 is 10.9 Å². The predicted molar refractivity (Wildman–Crippen MR) is 54.9 cm³/mol. The number of aromatic nitrogens is 2. The third-order valence-corrected chi connectivity index (χ3v) is 2.25. The Balaban J connectivity index is 2.61. The lowest BCUT2D eigenvalue weighted by Crippen LogP contribution is -1.90. The van der Waals surface area contributed by atoms with Gasteiger partial charge in [0.1, 0.15) is 0 Å². The van der Waals surface area contributed by atoms with Crippen LogP contribution in [0.25, 0.3) is 10.9 Å². The van der Waals surface area contributed by atoms with Gasteiger partial charge in [-0.15, -0.1) is 0 Å². The summed E-state index contributed by atoms with van der Waals surface area (Å²) in [6.45, 7) is 6.39. The van der Waals surface area contributed by atoms with Crippen molar-refractivity contribution in [3.8, 4) is 0 Å². The number of hydrogen-bond donors (Lipinski definition) is 1. The van der Waals surface area contributed by atoms with Gasteiger partial charge in [0.15, 0.2) is 0 Å². The Kier molecular flexibility index (Phi) is 1.83. The molecule has 0 fully saturated rings. The van der Waals surface area contributed by atoms with Gasteiger partial charge in [-0.05, 0) is 25.0 Å². The topological polar surface area (TPSA) is 28.7 Å². The van der Waals surface area contributed by atoms with E-state index in [1.54, 1.807) is 0 Å². The molecule has 0 aliphatic carbocycles. The van der Waals surface area contributed by atoms with E-state index in [-0.39, 0.29) is 0 Å². The Morgan fingerprint density at radius 2 is 2.08 bits per heavy atom. The van der Waals surface area contributed by atoms with Gasteiger partial charge in [-0.3, -0.25) is 4.98 Å². The van der Waals surface area contributed by atoms with Crippen LogP contribution in [-0.4, -0.2) is 9.97 Å². The highest BCUT2D eigenvalue weighted by atomic mass is 14.8. The fourth-order valence-electron chi connectivity index (χ4n) is 1.51. The molecule has 0 aliphatic heterocycles. The van der Waals surface area contributed by atoms with Crippen LogP contribution < -0.4 is 0 Å². The molecule has 0 saturated carbocycles. The highest BCUT2D eigenvalue weighted by molar-refractivity contribution is 5.79. The third kappa shape index (κ3) is 1.44. The molecule has 2 aromatic rings. The van der Waals surface area contributed by atoms with E-state index in [0.29, 0.717) is 5.92 Å². The van der Waals surface area contributed by atoms with Gasteiger partial charge in [-0.25, -0.2) is 0 Å². The molecular weight excluding hydrogens is 160 g/mol. The summed E-state index contributed by atoms with van der Waals surface area (Å²) in [5.41, 5.74) is 3.48. The molecule has 1 N–H and O–H groups in total. The van der Waals surface area contributed by atoms with Crippen LogP contribution in [0, 0.1) is 6.92 Å². The van der Waals surface area contributed by atoms with Crippen molar-refractivity contribution in [3.63, 3.8) is 0 Å².